The van der Waals surface area contributed by atoms with Crippen LogP contribution in [0.5, 0.6) is 23.0 Å². The fourth-order valence-electron chi connectivity index (χ4n) is 2.46. The third-order valence-electron chi connectivity index (χ3n) is 3.80. The molecule has 1 atom stereocenters. The van der Waals surface area contributed by atoms with Crippen molar-refractivity contribution in [2.45, 2.75) is 6.10 Å². The molecule has 136 valence electrons. The number of para-hydroxylation sites is 2. The number of hydrogen-bond acceptors (Lipinski definition) is 6. The van der Waals surface area contributed by atoms with Crippen molar-refractivity contribution >= 4 is 12.2 Å². The number of ether oxygens (including phenoxy) is 4. The van der Waals surface area contributed by atoms with E-state index in [1.165, 1.54) is 7.11 Å². The molecule has 0 aromatic heterocycles. The number of methoxy groups -OCH3 is 1. The molecule has 0 bridgehead atoms. The topological polar surface area (TPSA) is 83.1 Å². The molecule has 1 unspecified atom stereocenters. The highest BCUT2D eigenvalue weighted by Gasteiger charge is 2.21. The van der Waals surface area contributed by atoms with Gasteiger partial charge in [0.25, 0.3) is 5.91 Å². The van der Waals surface area contributed by atoms with Crippen molar-refractivity contribution in [3.8, 4) is 23.0 Å². The van der Waals surface area contributed by atoms with Crippen molar-refractivity contribution in [1.29, 1.82) is 0 Å². The number of hydrogen-bond donors (Lipinski definition) is 1. The van der Waals surface area contributed by atoms with Gasteiger partial charge in [-0.1, -0.05) is 12.1 Å². The molecule has 0 saturated carbocycles. The van der Waals surface area contributed by atoms with Gasteiger partial charge in [0.15, 0.2) is 24.4 Å². The van der Waals surface area contributed by atoms with Crippen molar-refractivity contribution < 1.29 is 28.5 Å². The zero-order chi connectivity index (χ0) is 18.4. The molecular weight excluding hydrogens is 338 g/mol. The molecule has 1 heterocycles. The Balaban J connectivity index is 1.47. The van der Waals surface area contributed by atoms with Crippen LogP contribution in [0.1, 0.15) is 10.4 Å². The predicted octanol–water partition coefficient (Wildman–Crippen LogP) is 1.84. The quantitative estimate of drug-likeness (QED) is 0.762. The van der Waals surface area contributed by atoms with Crippen molar-refractivity contribution in [3.05, 3.63) is 48.0 Å². The molecule has 7 heteroatoms. The molecule has 0 saturated heterocycles. The smallest absolute Gasteiger partial charge is 0.258 e. The second-order valence-corrected chi connectivity index (χ2v) is 5.61. The van der Waals surface area contributed by atoms with Gasteiger partial charge in [-0.2, -0.15) is 0 Å². The van der Waals surface area contributed by atoms with E-state index < -0.39 is 0 Å². The first-order chi connectivity index (χ1) is 12.7. The summed E-state index contributed by atoms with van der Waals surface area (Å²) in [5.41, 5.74) is 0.317. The SMILES string of the molecule is COc1ccc(OCC(=O)NCC2COc3ccccc3O2)c(C=O)c1. The molecule has 0 radical (unpaired) electrons. The van der Waals surface area contributed by atoms with Crippen LogP contribution in [0, 0.1) is 0 Å². The molecule has 1 aliphatic heterocycles. The number of carbonyl (C=O) groups is 2. The largest absolute Gasteiger partial charge is 0.497 e. The molecule has 2 aromatic carbocycles. The summed E-state index contributed by atoms with van der Waals surface area (Å²) in [5.74, 6) is 1.89. The van der Waals surface area contributed by atoms with Gasteiger partial charge in [0.2, 0.25) is 0 Å². The summed E-state index contributed by atoms with van der Waals surface area (Å²) in [7, 11) is 1.51. The average Bonchev–Trinajstić information content (AvgIpc) is 2.70. The number of aldehydes is 1. The number of carbonyl (C=O) groups excluding carboxylic acids is 2. The van der Waals surface area contributed by atoms with E-state index in [1.54, 1.807) is 18.2 Å². The molecule has 2 aromatic rings. The van der Waals surface area contributed by atoms with E-state index in [9.17, 15) is 9.59 Å². The third kappa shape index (κ3) is 4.24. The van der Waals surface area contributed by atoms with Crippen LogP contribution in [0.4, 0.5) is 0 Å². The summed E-state index contributed by atoms with van der Waals surface area (Å²) >= 11 is 0. The fraction of sp³-hybridized carbons (Fsp3) is 0.263. The average molecular weight is 357 g/mol. The lowest BCUT2D eigenvalue weighted by Crippen LogP contribution is -2.42. The van der Waals surface area contributed by atoms with E-state index in [2.05, 4.69) is 5.32 Å². The van der Waals surface area contributed by atoms with E-state index in [1.807, 2.05) is 24.3 Å². The van der Waals surface area contributed by atoms with E-state index >= 15 is 0 Å². The highest BCUT2D eigenvalue weighted by molar-refractivity contribution is 5.81. The van der Waals surface area contributed by atoms with Gasteiger partial charge < -0.3 is 24.3 Å². The number of benzene rings is 2. The van der Waals surface area contributed by atoms with Gasteiger partial charge in [-0.3, -0.25) is 9.59 Å². The molecule has 0 spiro atoms. The van der Waals surface area contributed by atoms with Gasteiger partial charge in [0.1, 0.15) is 24.2 Å². The Morgan fingerprint density at radius 3 is 2.85 bits per heavy atom. The normalized spacial score (nSPS) is 15.0. The van der Waals surface area contributed by atoms with Crippen LogP contribution in [0.3, 0.4) is 0 Å². The first kappa shape index (κ1) is 17.6. The number of nitrogens with one attached hydrogen (secondary N) is 1. The van der Waals surface area contributed by atoms with Crippen molar-refractivity contribution in [3.63, 3.8) is 0 Å². The monoisotopic (exact) mass is 357 g/mol. The summed E-state index contributed by atoms with van der Waals surface area (Å²) in [5, 5.41) is 2.73. The Morgan fingerprint density at radius 1 is 1.27 bits per heavy atom. The zero-order valence-corrected chi connectivity index (χ0v) is 14.3. The Bertz CT molecular complexity index is 791. The van der Waals surface area contributed by atoms with Gasteiger partial charge in [0, 0.05) is 0 Å². The fourth-order valence-corrected chi connectivity index (χ4v) is 2.46. The third-order valence-corrected chi connectivity index (χ3v) is 3.80. The highest BCUT2D eigenvalue weighted by Crippen LogP contribution is 2.30. The van der Waals surface area contributed by atoms with E-state index in [4.69, 9.17) is 18.9 Å². The number of fused-ring (bicyclic) bond motifs is 1. The van der Waals surface area contributed by atoms with E-state index in [0.717, 1.165) is 0 Å². The summed E-state index contributed by atoms with van der Waals surface area (Å²) in [6.45, 7) is 0.433. The number of amides is 1. The first-order valence-corrected chi connectivity index (χ1v) is 8.11. The second kappa shape index (κ2) is 8.24. The molecule has 3 rings (SSSR count). The second-order valence-electron chi connectivity index (χ2n) is 5.61. The van der Waals surface area contributed by atoms with Gasteiger partial charge >= 0.3 is 0 Å². The molecule has 1 N–H and O–H groups in total. The molecule has 0 aliphatic carbocycles. The standard InChI is InChI=1S/C19H19NO6/c1-23-14-6-7-16(13(8-14)10-21)25-12-19(22)20-9-15-11-24-17-4-2-3-5-18(17)26-15/h2-8,10,15H,9,11-12H2,1H3,(H,20,22). The van der Waals surface area contributed by atoms with Crippen LogP contribution in [0.2, 0.25) is 0 Å². The zero-order valence-electron chi connectivity index (χ0n) is 14.3. The number of rotatable bonds is 7. The lowest BCUT2D eigenvalue weighted by atomic mass is 10.2. The predicted molar refractivity (Wildman–Crippen MR) is 93.2 cm³/mol. The molecule has 26 heavy (non-hydrogen) atoms. The maximum absolute atomic E-state index is 12.0. The van der Waals surface area contributed by atoms with Gasteiger partial charge in [-0.05, 0) is 30.3 Å². The van der Waals surface area contributed by atoms with Crippen LogP contribution < -0.4 is 24.3 Å². The Morgan fingerprint density at radius 2 is 2.08 bits per heavy atom. The summed E-state index contributed by atoms with van der Waals surface area (Å²) in [6, 6.07) is 12.2. The minimum Gasteiger partial charge on any atom is -0.497 e. The Hall–Kier alpha value is -3.22. The van der Waals surface area contributed by atoms with Crippen LogP contribution in [0.25, 0.3) is 0 Å². The van der Waals surface area contributed by atoms with E-state index in [-0.39, 0.29) is 18.6 Å². The maximum atomic E-state index is 12.0. The Labute approximate surface area is 150 Å². The minimum atomic E-state index is -0.319. The first-order valence-electron chi connectivity index (χ1n) is 8.11. The van der Waals surface area contributed by atoms with Crippen molar-refractivity contribution in [1.82, 2.24) is 5.32 Å². The Kier molecular flexibility index (Phi) is 5.58. The minimum absolute atomic E-state index is 0.211. The lowest BCUT2D eigenvalue weighted by molar-refractivity contribution is -0.123. The molecular formula is C19H19NO6. The maximum Gasteiger partial charge on any atom is 0.258 e. The van der Waals surface area contributed by atoms with Gasteiger partial charge in [0.05, 0.1) is 19.2 Å². The van der Waals surface area contributed by atoms with Crippen LogP contribution in [-0.2, 0) is 4.79 Å². The van der Waals surface area contributed by atoms with E-state index in [0.29, 0.717) is 48.0 Å². The summed E-state index contributed by atoms with van der Waals surface area (Å²) < 4.78 is 21.8. The molecule has 0 fully saturated rings. The summed E-state index contributed by atoms with van der Waals surface area (Å²) in [6.07, 6.45) is 0.376. The lowest BCUT2D eigenvalue weighted by Gasteiger charge is -2.26. The summed E-state index contributed by atoms with van der Waals surface area (Å²) in [4.78, 5) is 23.1. The molecule has 7 nitrogen and oxygen atoms in total. The van der Waals surface area contributed by atoms with Crippen LogP contribution >= 0.6 is 0 Å². The molecule has 1 aliphatic rings. The van der Waals surface area contributed by atoms with Crippen LogP contribution in [-0.4, -0.2) is 45.2 Å². The van der Waals surface area contributed by atoms with Gasteiger partial charge in [-0.15, -0.1) is 0 Å². The van der Waals surface area contributed by atoms with Crippen LogP contribution in [0.15, 0.2) is 42.5 Å². The molecule has 1 amide bonds. The van der Waals surface area contributed by atoms with Gasteiger partial charge in [-0.25, -0.2) is 0 Å². The van der Waals surface area contributed by atoms with Crippen molar-refractivity contribution in [2.24, 2.45) is 0 Å². The van der Waals surface area contributed by atoms with Crippen molar-refractivity contribution in [2.75, 3.05) is 26.9 Å². The highest BCUT2D eigenvalue weighted by atomic mass is 16.6.